The van der Waals surface area contributed by atoms with Gasteiger partial charge in [-0.05, 0) is 24.6 Å². The summed E-state index contributed by atoms with van der Waals surface area (Å²) in [5.41, 5.74) is 0.302. The molecule has 150 valence electrons. The molecule has 0 saturated heterocycles. The molecule has 0 atom stereocenters. The van der Waals surface area contributed by atoms with Crippen molar-refractivity contribution in [1.82, 2.24) is 0 Å². The number of aryl methyl sites for hydroxylation is 1. The number of non-ortho nitro benzene ring substituents is 1. The van der Waals surface area contributed by atoms with Gasteiger partial charge in [0.15, 0.2) is 0 Å². The molecule has 28 heavy (non-hydrogen) atoms. The van der Waals surface area contributed by atoms with Gasteiger partial charge in [0.25, 0.3) is 5.69 Å². The van der Waals surface area contributed by atoms with Gasteiger partial charge in [-0.3, -0.25) is 19.2 Å². The minimum absolute atomic E-state index is 0.0204. The van der Waals surface area contributed by atoms with Crippen molar-refractivity contribution in [3.05, 3.63) is 61.1 Å². The SMILES string of the molecule is Cc1ccc([N+](=O)[O-])cc1N(CC(=O)Nc1cc(Cl)c(Cl)cc1Cl)S(C)(=O)=O. The number of hydrogen-bond acceptors (Lipinski definition) is 5. The first kappa shape index (κ1) is 22.2. The van der Waals surface area contributed by atoms with Crippen LogP contribution in [0, 0.1) is 17.0 Å². The summed E-state index contributed by atoms with van der Waals surface area (Å²) in [4.78, 5) is 22.8. The van der Waals surface area contributed by atoms with Crippen molar-refractivity contribution in [2.24, 2.45) is 0 Å². The van der Waals surface area contributed by atoms with Crippen molar-refractivity contribution in [3.63, 3.8) is 0 Å². The molecule has 0 saturated carbocycles. The monoisotopic (exact) mass is 465 g/mol. The number of nitro benzene ring substituents is 1. The summed E-state index contributed by atoms with van der Waals surface area (Å²) < 4.78 is 25.2. The number of carbonyl (C=O) groups is 1. The van der Waals surface area contributed by atoms with Crippen LogP contribution < -0.4 is 9.62 Å². The number of hydrogen-bond donors (Lipinski definition) is 1. The average Bonchev–Trinajstić information content (AvgIpc) is 2.57. The molecule has 0 heterocycles. The minimum atomic E-state index is -3.93. The van der Waals surface area contributed by atoms with Gasteiger partial charge in [0.05, 0.1) is 37.6 Å². The maximum absolute atomic E-state index is 12.4. The van der Waals surface area contributed by atoms with Gasteiger partial charge in [0.2, 0.25) is 15.9 Å². The molecular formula is C16H14Cl3N3O5S. The molecule has 0 aliphatic rings. The van der Waals surface area contributed by atoms with Gasteiger partial charge in [-0.1, -0.05) is 40.9 Å². The van der Waals surface area contributed by atoms with E-state index in [9.17, 15) is 23.3 Å². The molecule has 0 unspecified atom stereocenters. The van der Waals surface area contributed by atoms with E-state index in [4.69, 9.17) is 34.8 Å². The second-order valence-electron chi connectivity index (χ2n) is 5.79. The van der Waals surface area contributed by atoms with Crippen LogP contribution in [0.25, 0.3) is 0 Å². The van der Waals surface area contributed by atoms with Gasteiger partial charge in [0.1, 0.15) is 6.54 Å². The predicted octanol–water partition coefficient (Wildman–Crippen LogP) is 4.27. The highest BCUT2D eigenvalue weighted by Crippen LogP contribution is 2.32. The third-order valence-corrected chi connectivity index (χ3v) is 5.81. The number of anilines is 2. The molecule has 0 radical (unpaired) electrons. The molecule has 0 fully saturated rings. The second-order valence-corrected chi connectivity index (χ2v) is 8.92. The maximum atomic E-state index is 12.4. The van der Waals surface area contributed by atoms with Crippen LogP contribution in [-0.4, -0.2) is 32.0 Å². The molecule has 0 aliphatic carbocycles. The zero-order valence-electron chi connectivity index (χ0n) is 14.6. The lowest BCUT2D eigenvalue weighted by Gasteiger charge is -2.23. The number of nitro groups is 1. The van der Waals surface area contributed by atoms with Gasteiger partial charge < -0.3 is 5.32 Å². The first-order valence-corrected chi connectivity index (χ1v) is 10.6. The van der Waals surface area contributed by atoms with Crippen molar-refractivity contribution >= 4 is 67.8 Å². The molecule has 2 aromatic rings. The number of halogens is 3. The predicted molar refractivity (Wildman–Crippen MR) is 110 cm³/mol. The van der Waals surface area contributed by atoms with Crippen LogP contribution in [0.1, 0.15) is 5.56 Å². The van der Waals surface area contributed by atoms with Crippen LogP contribution in [0.5, 0.6) is 0 Å². The highest BCUT2D eigenvalue weighted by molar-refractivity contribution is 7.92. The van der Waals surface area contributed by atoms with E-state index < -0.39 is 27.4 Å². The van der Waals surface area contributed by atoms with Crippen molar-refractivity contribution in [1.29, 1.82) is 0 Å². The minimum Gasteiger partial charge on any atom is -0.323 e. The van der Waals surface area contributed by atoms with Crippen LogP contribution in [0.4, 0.5) is 17.1 Å². The Morgan fingerprint density at radius 2 is 1.75 bits per heavy atom. The first-order valence-electron chi connectivity index (χ1n) is 7.57. The average molecular weight is 467 g/mol. The van der Waals surface area contributed by atoms with Crippen LogP contribution in [0.3, 0.4) is 0 Å². The van der Waals surface area contributed by atoms with E-state index >= 15 is 0 Å². The lowest BCUT2D eigenvalue weighted by atomic mass is 10.2. The summed E-state index contributed by atoms with van der Waals surface area (Å²) in [5.74, 6) is -0.725. The summed E-state index contributed by atoms with van der Waals surface area (Å²) >= 11 is 17.7. The molecule has 8 nitrogen and oxygen atoms in total. The Bertz CT molecular complexity index is 1060. The van der Waals surface area contributed by atoms with E-state index in [-0.39, 0.29) is 32.1 Å². The lowest BCUT2D eigenvalue weighted by molar-refractivity contribution is -0.384. The molecule has 2 rings (SSSR count). The molecule has 1 amide bonds. The molecule has 0 bridgehead atoms. The van der Waals surface area contributed by atoms with Crippen LogP contribution >= 0.6 is 34.8 Å². The molecule has 2 aromatic carbocycles. The Balaban J connectivity index is 2.36. The van der Waals surface area contributed by atoms with E-state index in [1.54, 1.807) is 6.92 Å². The summed E-state index contributed by atoms with van der Waals surface area (Å²) in [6.45, 7) is 0.947. The Labute approximate surface area is 176 Å². The number of benzene rings is 2. The topological polar surface area (TPSA) is 110 Å². The molecular weight excluding hydrogens is 453 g/mol. The highest BCUT2D eigenvalue weighted by Gasteiger charge is 2.25. The Morgan fingerprint density at radius 1 is 1.14 bits per heavy atom. The summed E-state index contributed by atoms with van der Waals surface area (Å²) in [7, 11) is -3.93. The normalized spacial score (nSPS) is 11.2. The van der Waals surface area contributed by atoms with Gasteiger partial charge in [0, 0.05) is 12.1 Å². The summed E-state index contributed by atoms with van der Waals surface area (Å²) in [5, 5.41) is 13.9. The number of carbonyl (C=O) groups excluding carboxylic acids is 1. The molecule has 1 N–H and O–H groups in total. The smallest absolute Gasteiger partial charge is 0.271 e. The zero-order chi connectivity index (χ0) is 21.2. The lowest BCUT2D eigenvalue weighted by Crippen LogP contribution is -2.38. The van der Waals surface area contributed by atoms with Gasteiger partial charge in [-0.15, -0.1) is 0 Å². The number of rotatable bonds is 6. The van der Waals surface area contributed by atoms with Crippen LogP contribution in [0.2, 0.25) is 15.1 Å². The number of nitrogens with one attached hydrogen (secondary N) is 1. The number of nitrogens with zero attached hydrogens (tertiary/aromatic N) is 2. The van der Waals surface area contributed by atoms with E-state index in [2.05, 4.69) is 5.32 Å². The third kappa shape index (κ3) is 5.26. The van der Waals surface area contributed by atoms with E-state index in [1.807, 2.05) is 0 Å². The quantitative estimate of drug-likeness (QED) is 0.388. The van der Waals surface area contributed by atoms with Crippen LogP contribution in [0.15, 0.2) is 30.3 Å². The summed E-state index contributed by atoms with van der Waals surface area (Å²) in [6.07, 6.45) is 0.894. The Kier molecular flexibility index (Phi) is 6.76. The van der Waals surface area contributed by atoms with Crippen LogP contribution in [-0.2, 0) is 14.8 Å². The van der Waals surface area contributed by atoms with Gasteiger partial charge in [-0.2, -0.15) is 0 Å². The van der Waals surface area contributed by atoms with Crippen molar-refractivity contribution in [3.8, 4) is 0 Å². The fourth-order valence-electron chi connectivity index (χ4n) is 2.30. The second kappa shape index (κ2) is 8.52. The largest absolute Gasteiger partial charge is 0.323 e. The maximum Gasteiger partial charge on any atom is 0.271 e. The molecule has 0 aliphatic heterocycles. The highest BCUT2D eigenvalue weighted by atomic mass is 35.5. The van der Waals surface area contributed by atoms with E-state index in [0.29, 0.717) is 5.56 Å². The third-order valence-electron chi connectivity index (χ3n) is 3.64. The molecule has 0 aromatic heterocycles. The van der Waals surface area contributed by atoms with Crippen molar-refractivity contribution in [2.45, 2.75) is 6.92 Å². The van der Waals surface area contributed by atoms with Gasteiger partial charge >= 0.3 is 0 Å². The summed E-state index contributed by atoms with van der Waals surface area (Å²) in [6, 6.07) is 6.40. The Morgan fingerprint density at radius 3 is 2.32 bits per heavy atom. The molecule has 0 spiro atoms. The first-order chi connectivity index (χ1) is 12.9. The number of sulfonamides is 1. The van der Waals surface area contributed by atoms with Crippen molar-refractivity contribution < 1.29 is 18.1 Å². The standard InChI is InChI=1S/C16H14Cl3N3O5S/c1-9-3-4-10(22(24)25)5-15(9)21(28(2,26)27)8-16(23)20-14-7-12(18)11(17)6-13(14)19/h3-7H,8H2,1-2H3,(H,20,23). The fraction of sp³-hybridized carbons (Fsp3) is 0.188. The van der Waals surface area contributed by atoms with Gasteiger partial charge in [-0.25, -0.2) is 8.42 Å². The van der Waals surface area contributed by atoms with E-state index in [0.717, 1.165) is 16.6 Å². The fourth-order valence-corrected chi connectivity index (χ4v) is 3.80. The zero-order valence-corrected chi connectivity index (χ0v) is 17.7. The van der Waals surface area contributed by atoms with Crippen molar-refractivity contribution in [2.75, 3.05) is 22.4 Å². The van der Waals surface area contributed by atoms with E-state index in [1.165, 1.54) is 24.3 Å². The molecule has 12 heteroatoms. The Hall–Kier alpha value is -2.07. The number of amides is 1.